The summed E-state index contributed by atoms with van der Waals surface area (Å²) in [7, 11) is 0. The van der Waals surface area contributed by atoms with E-state index in [1.54, 1.807) is 12.1 Å². The van der Waals surface area contributed by atoms with E-state index >= 15 is 0 Å². The van der Waals surface area contributed by atoms with Crippen LogP contribution in [0, 0.1) is 11.3 Å². The molecule has 1 aliphatic heterocycles. The minimum Gasteiger partial charge on any atom is -0.490 e. The Bertz CT molecular complexity index is 891. The van der Waals surface area contributed by atoms with E-state index in [9.17, 15) is 4.79 Å². The van der Waals surface area contributed by atoms with Gasteiger partial charge in [0, 0.05) is 38.8 Å². The Kier molecular flexibility index (Phi) is 8.12. The van der Waals surface area contributed by atoms with Crippen LogP contribution in [0.5, 0.6) is 11.5 Å². The van der Waals surface area contributed by atoms with Crippen molar-refractivity contribution in [2.45, 2.75) is 13.3 Å². The molecule has 0 aliphatic carbocycles. The number of halogens is 1. The average molecular weight is 472 g/mol. The lowest BCUT2D eigenvalue weighted by Gasteiger charge is -2.34. The second-order valence-corrected chi connectivity index (χ2v) is 7.93. The number of carbonyl (C=O) groups is 1. The van der Waals surface area contributed by atoms with E-state index < -0.39 is 0 Å². The van der Waals surface area contributed by atoms with Gasteiger partial charge in [0.15, 0.2) is 18.1 Å². The summed E-state index contributed by atoms with van der Waals surface area (Å²) in [5, 5.41) is 9.13. The SMILES string of the molecule is CCOc1cc(C#N)cc(Br)c1OCC(=O)N1CCN(CCc2ccccc2)CC1. The minimum absolute atomic E-state index is 0.0450. The summed E-state index contributed by atoms with van der Waals surface area (Å²) in [6, 6.07) is 15.8. The molecule has 0 N–H and O–H groups in total. The maximum Gasteiger partial charge on any atom is 0.260 e. The van der Waals surface area contributed by atoms with Crippen molar-refractivity contribution >= 4 is 21.8 Å². The number of rotatable bonds is 8. The molecule has 0 saturated carbocycles. The molecule has 0 aromatic heterocycles. The lowest BCUT2D eigenvalue weighted by molar-refractivity contribution is -0.135. The lowest BCUT2D eigenvalue weighted by atomic mass is 10.1. The van der Waals surface area contributed by atoms with E-state index in [1.165, 1.54) is 5.56 Å². The molecule has 0 atom stereocenters. The molecule has 30 heavy (non-hydrogen) atoms. The van der Waals surface area contributed by atoms with Crippen LogP contribution in [0.2, 0.25) is 0 Å². The number of carbonyl (C=O) groups excluding carboxylic acids is 1. The van der Waals surface area contributed by atoms with Crippen molar-refractivity contribution in [1.29, 1.82) is 5.26 Å². The number of hydrogen-bond donors (Lipinski definition) is 0. The number of benzene rings is 2. The van der Waals surface area contributed by atoms with Gasteiger partial charge in [-0.3, -0.25) is 9.69 Å². The van der Waals surface area contributed by atoms with Crippen molar-refractivity contribution in [3.8, 4) is 17.6 Å². The van der Waals surface area contributed by atoms with Crippen LogP contribution in [-0.4, -0.2) is 61.6 Å². The van der Waals surface area contributed by atoms with Gasteiger partial charge in [0.2, 0.25) is 0 Å². The van der Waals surface area contributed by atoms with Gasteiger partial charge >= 0.3 is 0 Å². The van der Waals surface area contributed by atoms with Crippen LogP contribution in [0.3, 0.4) is 0 Å². The van der Waals surface area contributed by atoms with E-state index in [4.69, 9.17) is 14.7 Å². The summed E-state index contributed by atoms with van der Waals surface area (Å²) in [6.45, 7) is 6.36. The highest BCUT2D eigenvalue weighted by molar-refractivity contribution is 9.10. The highest BCUT2D eigenvalue weighted by Crippen LogP contribution is 2.36. The van der Waals surface area contributed by atoms with Crippen molar-refractivity contribution in [3.05, 3.63) is 58.1 Å². The fourth-order valence-corrected chi connectivity index (χ4v) is 3.97. The van der Waals surface area contributed by atoms with Gasteiger partial charge in [0.05, 0.1) is 22.7 Å². The predicted molar refractivity (Wildman–Crippen MR) is 119 cm³/mol. The van der Waals surface area contributed by atoms with Gasteiger partial charge in [0.1, 0.15) is 0 Å². The number of amides is 1. The first kappa shape index (κ1) is 22.1. The van der Waals surface area contributed by atoms with Crippen LogP contribution in [0.1, 0.15) is 18.1 Å². The molecule has 6 nitrogen and oxygen atoms in total. The quantitative estimate of drug-likeness (QED) is 0.589. The third-order valence-electron chi connectivity index (χ3n) is 5.06. The average Bonchev–Trinajstić information content (AvgIpc) is 2.78. The van der Waals surface area contributed by atoms with E-state index in [1.807, 2.05) is 17.9 Å². The molecule has 1 amide bonds. The minimum atomic E-state index is -0.0609. The van der Waals surface area contributed by atoms with Crippen molar-refractivity contribution in [2.75, 3.05) is 45.9 Å². The molecule has 1 saturated heterocycles. The number of nitriles is 1. The zero-order chi connectivity index (χ0) is 21.3. The van der Waals surface area contributed by atoms with Crippen molar-refractivity contribution in [3.63, 3.8) is 0 Å². The molecular weight excluding hydrogens is 446 g/mol. The number of nitrogens with zero attached hydrogens (tertiary/aromatic N) is 3. The summed E-state index contributed by atoms with van der Waals surface area (Å²) >= 11 is 3.41. The van der Waals surface area contributed by atoms with Crippen molar-refractivity contribution in [1.82, 2.24) is 9.80 Å². The Balaban J connectivity index is 1.49. The van der Waals surface area contributed by atoms with Gasteiger partial charge in [-0.05, 0) is 40.9 Å². The third-order valence-corrected chi connectivity index (χ3v) is 5.65. The van der Waals surface area contributed by atoms with E-state index in [0.29, 0.717) is 41.2 Å². The van der Waals surface area contributed by atoms with E-state index in [-0.39, 0.29) is 12.5 Å². The van der Waals surface area contributed by atoms with E-state index in [2.05, 4.69) is 51.2 Å². The Labute approximate surface area is 186 Å². The second-order valence-electron chi connectivity index (χ2n) is 7.08. The van der Waals surface area contributed by atoms with E-state index in [0.717, 1.165) is 26.1 Å². The highest BCUT2D eigenvalue weighted by Gasteiger charge is 2.22. The number of hydrogen-bond acceptors (Lipinski definition) is 5. The summed E-state index contributed by atoms with van der Waals surface area (Å²) in [6.07, 6.45) is 1.02. The van der Waals surface area contributed by atoms with Gasteiger partial charge in [-0.15, -0.1) is 0 Å². The van der Waals surface area contributed by atoms with Crippen LogP contribution >= 0.6 is 15.9 Å². The molecule has 7 heteroatoms. The molecule has 0 radical (unpaired) electrons. The molecule has 2 aromatic rings. The Morgan fingerprint density at radius 2 is 1.87 bits per heavy atom. The molecule has 0 unspecified atom stereocenters. The van der Waals surface area contributed by atoms with Crippen LogP contribution in [-0.2, 0) is 11.2 Å². The molecule has 3 rings (SSSR count). The van der Waals surface area contributed by atoms with Gasteiger partial charge in [-0.2, -0.15) is 5.26 Å². The normalized spacial score (nSPS) is 14.2. The second kappa shape index (κ2) is 11.0. The Hall–Kier alpha value is -2.56. The van der Waals surface area contributed by atoms with Crippen molar-refractivity contribution < 1.29 is 14.3 Å². The molecule has 1 heterocycles. The fraction of sp³-hybridized carbons (Fsp3) is 0.391. The monoisotopic (exact) mass is 471 g/mol. The Morgan fingerprint density at radius 1 is 1.13 bits per heavy atom. The summed E-state index contributed by atoms with van der Waals surface area (Å²) in [5.41, 5.74) is 1.80. The first-order valence-electron chi connectivity index (χ1n) is 10.1. The summed E-state index contributed by atoms with van der Waals surface area (Å²) < 4.78 is 12.0. The number of piperazine rings is 1. The zero-order valence-electron chi connectivity index (χ0n) is 17.1. The molecule has 0 spiro atoms. The maximum absolute atomic E-state index is 12.6. The highest BCUT2D eigenvalue weighted by atomic mass is 79.9. The first-order valence-corrected chi connectivity index (χ1v) is 10.9. The van der Waals surface area contributed by atoms with Crippen LogP contribution in [0.25, 0.3) is 0 Å². The van der Waals surface area contributed by atoms with Crippen molar-refractivity contribution in [2.24, 2.45) is 0 Å². The van der Waals surface area contributed by atoms with Gasteiger partial charge in [0.25, 0.3) is 5.91 Å². The fourth-order valence-electron chi connectivity index (χ4n) is 3.41. The predicted octanol–water partition coefficient (Wildman–Crippen LogP) is 3.49. The molecule has 1 aliphatic rings. The first-order chi connectivity index (χ1) is 14.6. The van der Waals surface area contributed by atoms with Gasteiger partial charge in [-0.1, -0.05) is 30.3 Å². The largest absolute Gasteiger partial charge is 0.490 e. The van der Waals surface area contributed by atoms with Gasteiger partial charge < -0.3 is 14.4 Å². The van der Waals surface area contributed by atoms with Crippen LogP contribution in [0.4, 0.5) is 0 Å². The smallest absolute Gasteiger partial charge is 0.260 e. The number of ether oxygens (including phenoxy) is 2. The van der Waals surface area contributed by atoms with Crippen LogP contribution in [0.15, 0.2) is 46.9 Å². The van der Waals surface area contributed by atoms with Gasteiger partial charge in [-0.25, -0.2) is 0 Å². The summed E-state index contributed by atoms with van der Waals surface area (Å²) in [5.74, 6) is 0.865. The molecular formula is C23H26BrN3O3. The lowest BCUT2D eigenvalue weighted by Crippen LogP contribution is -2.50. The maximum atomic E-state index is 12.6. The standard InChI is InChI=1S/C23H26BrN3O3/c1-2-29-21-15-19(16-25)14-20(24)23(21)30-17-22(28)27-12-10-26(11-13-27)9-8-18-6-4-3-5-7-18/h3-7,14-15H,2,8-13,17H2,1H3. The zero-order valence-corrected chi connectivity index (χ0v) is 18.7. The molecule has 158 valence electrons. The molecule has 1 fully saturated rings. The topological polar surface area (TPSA) is 65.8 Å². The third kappa shape index (κ3) is 5.97. The van der Waals surface area contributed by atoms with Crippen LogP contribution < -0.4 is 9.47 Å². The Morgan fingerprint density at radius 3 is 2.53 bits per heavy atom. The summed E-state index contributed by atoms with van der Waals surface area (Å²) in [4.78, 5) is 16.9. The molecule has 0 bridgehead atoms. The molecule has 2 aromatic carbocycles.